The largest absolute Gasteiger partial charge is 0.444 e. The zero-order valence-corrected chi connectivity index (χ0v) is 18.1. The highest BCUT2D eigenvalue weighted by atomic mass is 35.5. The molecule has 0 radical (unpaired) electrons. The Morgan fingerprint density at radius 2 is 1.97 bits per heavy atom. The van der Waals surface area contributed by atoms with E-state index in [2.05, 4.69) is 16.1 Å². The molecule has 7 nitrogen and oxygen atoms in total. The van der Waals surface area contributed by atoms with E-state index in [0.717, 1.165) is 24.1 Å². The fourth-order valence-electron chi connectivity index (χ4n) is 3.46. The van der Waals surface area contributed by atoms with E-state index in [1.54, 1.807) is 18.0 Å². The molecule has 3 heterocycles. The number of piperidine rings is 1. The average Bonchev–Trinajstić information content (AvgIpc) is 2.65. The Labute approximate surface area is 175 Å². The van der Waals surface area contributed by atoms with Gasteiger partial charge < -0.3 is 9.64 Å². The normalized spacial score (nSPS) is 15.4. The molecule has 3 rings (SSSR count). The number of hydrogen-bond acceptors (Lipinski definition) is 5. The first-order valence-electron chi connectivity index (χ1n) is 9.78. The van der Waals surface area contributed by atoms with Crippen molar-refractivity contribution in [1.82, 2.24) is 19.7 Å². The van der Waals surface area contributed by atoms with Gasteiger partial charge in [0.25, 0.3) is 5.56 Å². The number of pyridine rings is 1. The maximum Gasteiger partial charge on any atom is 0.410 e. The van der Waals surface area contributed by atoms with Gasteiger partial charge in [-0.1, -0.05) is 17.7 Å². The summed E-state index contributed by atoms with van der Waals surface area (Å²) in [4.78, 5) is 30.7. The molecule has 0 bridgehead atoms. The third-order valence-corrected chi connectivity index (χ3v) is 5.13. The van der Waals surface area contributed by atoms with Gasteiger partial charge >= 0.3 is 6.09 Å². The minimum atomic E-state index is -0.478. The Balaban J connectivity index is 1.60. The summed E-state index contributed by atoms with van der Waals surface area (Å²) in [5.41, 5.74) is 1.87. The number of carbonyl (C=O) groups is 1. The Hall–Kier alpha value is -2.41. The first kappa shape index (κ1) is 21.3. The molecular weight excluding hydrogens is 392 g/mol. The Morgan fingerprint density at radius 3 is 2.55 bits per heavy atom. The van der Waals surface area contributed by atoms with Gasteiger partial charge in [0.2, 0.25) is 0 Å². The van der Waals surface area contributed by atoms with E-state index in [1.807, 2.05) is 33.0 Å². The number of carbonyl (C=O) groups excluding carboxylic acids is 1. The van der Waals surface area contributed by atoms with Crippen molar-refractivity contribution in [2.45, 2.75) is 51.6 Å². The Bertz CT molecular complexity index is 926. The van der Waals surface area contributed by atoms with Crippen LogP contribution < -0.4 is 5.56 Å². The van der Waals surface area contributed by atoms with Crippen molar-refractivity contribution in [2.24, 2.45) is 7.05 Å². The number of aromatic nitrogens is 3. The number of amides is 1. The van der Waals surface area contributed by atoms with Crippen LogP contribution in [0, 0.1) is 0 Å². The van der Waals surface area contributed by atoms with Crippen LogP contribution in [0.5, 0.6) is 0 Å². The van der Waals surface area contributed by atoms with Gasteiger partial charge in [-0.3, -0.25) is 9.78 Å². The van der Waals surface area contributed by atoms with Crippen LogP contribution in [-0.2, 0) is 18.2 Å². The molecule has 29 heavy (non-hydrogen) atoms. The summed E-state index contributed by atoms with van der Waals surface area (Å²) in [6.07, 6.45) is 3.78. The second-order valence-electron chi connectivity index (χ2n) is 8.42. The molecule has 0 unspecified atom stereocenters. The summed E-state index contributed by atoms with van der Waals surface area (Å²) in [6.45, 7) is 6.97. The highest BCUT2D eigenvalue weighted by Crippen LogP contribution is 2.28. The minimum Gasteiger partial charge on any atom is -0.444 e. The van der Waals surface area contributed by atoms with Crippen LogP contribution in [0.25, 0.3) is 0 Å². The van der Waals surface area contributed by atoms with E-state index in [1.165, 1.54) is 4.68 Å². The molecule has 1 amide bonds. The predicted molar refractivity (Wildman–Crippen MR) is 111 cm³/mol. The molecule has 1 aliphatic heterocycles. The van der Waals surface area contributed by atoms with Crippen LogP contribution in [0.3, 0.4) is 0 Å². The van der Waals surface area contributed by atoms with Crippen molar-refractivity contribution < 1.29 is 9.53 Å². The van der Waals surface area contributed by atoms with Crippen LogP contribution >= 0.6 is 11.6 Å². The maximum absolute atomic E-state index is 12.2. The Morgan fingerprint density at radius 1 is 1.28 bits per heavy atom. The number of rotatable bonds is 3. The van der Waals surface area contributed by atoms with E-state index in [9.17, 15) is 9.59 Å². The number of likely N-dealkylation sites (tertiary alicyclic amines) is 1. The summed E-state index contributed by atoms with van der Waals surface area (Å²) >= 11 is 5.96. The van der Waals surface area contributed by atoms with E-state index >= 15 is 0 Å². The Kier molecular flexibility index (Phi) is 6.27. The summed E-state index contributed by atoms with van der Waals surface area (Å²) in [7, 11) is 1.58. The molecule has 0 aromatic carbocycles. The molecule has 0 spiro atoms. The lowest BCUT2D eigenvalue weighted by Crippen LogP contribution is -2.41. The monoisotopic (exact) mass is 418 g/mol. The van der Waals surface area contributed by atoms with Gasteiger partial charge in [0.1, 0.15) is 10.8 Å². The third kappa shape index (κ3) is 5.56. The fourth-order valence-corrected chi connectivity index (χ4v) is 3.70. The molecule has 0 N–H and O–H groups in total. The van der Waals surface area contributed by atoms with Crippen LogP contribution in [-0.4, -0.2) is 44.4 Å². The number of halogens is 1. The average molecular weight is 419 g/mol. The van der Waals surface area contributed by atoms with Crippen LogP contribution in [0.2, 0.25) is 5.15 Å². The van der Waals surface area contributed by atoms with Crippen LogP contribution in [0.15, 0.2) is 29.2 Å². The fraction of sp³-hybridized carbons (Fsp3) is 0.524. The molecule has 0 saturated carbocycles. The zero-order chi connectivity index (χ0) is 21.2. The zero-order valence-electron chi connectivity index (χ0n) is 17.3. The van der Waals surface area contributed by atoms with Crippen molar-refractivity contribution in [3.63, 3.8) is 0 Å². The van der Waals surface area contributed by atoms with Gasteiger partial charge in [-0.15, -0.1) is 0 Å². The SMILES string of the molecule is Cn1nc(Cl)cc(Cc2ccc(C3CCN(C(=O)OC(C)(C)C)CC3)cn2)c1=O. The molecule has 8 heteroatoms. The predicted octanol–water partition coefficient (Wildman–Crippen LogP) is 3.53. The lowest BCUT2D eigenvalue weighted by molar-refractivity contribution is 0.0205. The lowest BCUT2D eigenvalue weighted by Gasteiger charge is -2.33. The number of hydrogen-bond donors (Lipinski definition) is 0. The van der Waals surface area contributed by atoms with Gasteiger partial charge in [-0.2, -0.15) is 5.10 Å². The summed E-state index contributed by atoms with van der Waals surface area (Å²) in [6, 6.07) is 5.60. The molecule has 0 atom stereocenters. The van der Waals surface area contributed by atoms with Crippen molar-refractivity contribution in [2.75, 3.05) is 13.1 Å². The topological polar surface area (TPSA) is 77.3 Å². The molecule has 1 saturated heterocycles. The minimum absolute atomic E-state index is 0.171. The smallest absolute Gasteiger partial charge is 0.410 e. The van der Waals surface area contributed by atoms with Crippen LogP contribution in [0.1, 0.15) is 56.4 Å². The molecule has 156 valence electrons. The molecule has 1 fully saturated rings. The second-order valence-corrected chi connectivity index (χ2v) is 8.81. The van der Waals surface area contributed by atoms with Crippen molar-refractivity contribution in [3.05, 3.63) is 56.7 Å². The third-order valence-electron chi connectivity index (χ3n) is 4.94. The van der Waals surface area contributed by atoms with Gasteiger partial charge in [0, 0.05) is 44.0 Å². The van der Waals surface area contributed by atoms with Crippen LogP contribution in [0.4, 0.5) is 4.79 Å². The standard InChI is InChI=1S/C21H27ClN4O3/c1-21(2,3)29-20(28)26-9-7-14(8-10-26)15-5-6-17(23-13-15)11-16-12-18(22)24-25(4)19(16)27/h5-6,12-14H,7-11H2,1-4H3. The van der Waals surface area contributed by atoms with Crippen molar-refractivity contribution >= 4 is 17.7 Å². The van der Waals surface area contributed by atoms with Crippen molar-refractivity contribution in [1.29, 1.82) is 0 Å². The summed E-state index contributed by atoms with van der Waals surface area (Å²) < 4.78 is 6.69. The van der Waals surface area contributed by atoms with Gasteiger partial charge in [-0.05, 0) is 57.2 Å². The summed E-state index contributed by atoms with van der Waals surface area (Å²) in [5.74, 6) is 0.360. The van der Waals surface area contributed by atoms with E-state index in [0.29, 0.717) is 31.0 Å². The molecular formula is C21H27ClN4O3. The highest BCUT2D eigenvalue weighted by Gasteiger charge is 2.27. The highest BCUT2D eigenvalue weighted by molar-refractivity contribution is 6.29. The number of ether oxygens (including phenoxy) is 1. The van der Waals surface area contributed by atoms with Gasteiger partial charge in [-0.25, -0.2) is 9.48 Å². The lowest BCUT2D eigenvalue weighted by atomic mass is 9.90. The second kappa shape index (κ2) is 8.53. The molecule has 2 aromatic rings. The number of nitrogens with zero attached hydrogens (tertiary/aromatic N) is 4. The molecule has 0 aliphatic carbocycles. The quantitative estimate of drug-likeness (QED) is 0.761. The van der Waals surface area contributed by atoms with Gasteiger partial charge in [0.15, 0.2) is 0 Å². The van der Waals surface area contributed by atoms with Crippen molar-refractivity contribution in [3.8, 4) is 0 Å². The molecule has 1 aliphatic rings. The van der Waals surface area contributed by atoms with E-state index < -0.39 is 5.60 Å². The summed E-state index contributed by atoms with van der Waals surface area (Å²) in [5, 5.41) is 4.19. The molecule has 2 aromatic heterocycles. The van der Waals surface area contributed by atoms with Gasteiger partial charge in [0.05, 0.1) is 0 Å². The maximum atomic E-state index is 12.2. The first-order chi connectivity index (χ1) is 13.6. The van der Waals surface area contributed by atoms with E-state index in [-0.39, 0.29) is 16.8 Å². The number of aryl methyl sites for hydroxylation is 1. The van der Waals surface area contributed by atoms with E-state index in [4.69, 9.17) is 16.3 Å². The first-order valence-corrected chi connectivity index (χ1v) is 10.2.